The topological polar surface area (TPSA) is 89.0 Å². The second-order valence-electron chi connectivity index (χ2n) is 4.60. The highest BCUT2D eigenvalue weighted by atomic mass is 79.9. The molecule has 112 valence electrons. The van der Waals surface area contributed by atoms with E-state index in [-0.39, 0.29) is 17.4 Å². The molecule has 0 saturated heterocycles. The van der Waals surface area contributed by atoms with Crippen molar-refractivity contribution >= 4 is 39.4 Å². The number of anilines is 1. The molecule has 0 bridgehead atoms. The third-order valence-electron chi connectivity index (χ3n) is 3.22. The predicted molar refractivity (Wildman–Crippen MR) is 83.6 cm³/mol. The lowest BCUT2D eigenvalue weighted by atomic mass is 10.1. The summed E-state index contributed by atoms with van der Waals surface area (Å²) in [6.07, 6.45) is 1.55. The van der Waals surface area contributed by atoms with E-state index in [1.54, 1.807) is 24.4 Å². The van der Waals surface area contributed by atoms with Crippen molar-refractivity contribution in [2.45, 2.75) is 0 Å². The summed E-state index contributed by atoms with van der Waals surface area (Å²) in [4.78, 5) is 28.6. The Labute approximate surface area is 133 Å². The van der Waals surface area contributed by atoms with Crippen LogP contribution in [0.4, 0.5) is 11.4 Å². The summed E-state index contributed by atoms with van der Waals surface area (Å²) in [6, 6.07) is 7.54. The number of fused-ring (bicyclic) bond motifs is 1. The van der Waals surface area contributed by atoms with Gasteiger partial charge in [-0.3, -0.25) is 19.9 Å². The number of aliphatic imine (C=N–C) groups is 1. The van der Waals surface area contributed by atoms with Gasteiger partial charge in [0.15, 0.2) is 10.4 Å². The van der Waals surface area contributed by atoms with Gasteiger partial charge in [-0.25, -0.2) is 0 Å². The summed E-state index contributed by atoms with van der Waals surface area (Å²) in [7, 11) is 0. The summed E-state index contributed by atoms with van der Waals surface area (Å²) in [5.74, 6) is -0.121. The van der Waals surface area contributed by atoms with Crippen LogP contribution in [-0.2, 0) is 0 Å². The highest BCUT2D eigenvalue weighted by Gasteiger charge is 2.24. The Morgan fingerprint density at radius 1 is 1.36 bits per heavy atom. The summed E-state index contributed by atoms with van der Waals surface area (Å²) in [5, 5.41) is 10.9. The molecule has 1 aliphatic rings. The van der Waals surface area contributed by atoms with E-state index >= 15 is 0 Å². The van der Waals surface area contributed by atoms with Gasteiger partial charge >= 0.3 is 0 Å². The molecule has 3 rings (SSSR count). The Hall–Kier alpha value is -2.48. The monoisotopic (exact) mass is 363 g/mol. The number of nitro groups is 1. The first-order valence-electron chi connectivity index (χ1n) is 6.42. The zero-order chi connectivity index (χ0) is 15.7. The van der Waals surface area contributed by atoms with Crippen molar-refractivity contribution in [2.24, 2.45) is 4.99 Å². The number of furan rings is 1. The van der Waals surface area contributed by atoms with Crippen LogP contribution in [0.1, 0.15) is 16.1 Å². The first-order valence-corrected chi connectivity index (χ1v) is 7.21. The quantitative estimate of drug-likeness (QED) is 0.605. The number of carbonyl (C=O) groups is 1. The number of benzodiazepines with no additional fused rings is 1. The molecule has 0 atom stereocenters. The van der Waals surface area contributed by atoms with Crippen molar-refractivity contribution in [3.8, 4) is 0 Å². The number of carbonyl (C=O) groups excluding carboxylic acids is 1. The van der Waals surface area contributed by atoms with E-state index in [1.807, 2.05) is 0 Å². The molecule has 1 aromatic heterocycles. The highest BCUT2D eigenvalue weighted by molar-refractivity contribution is 9.10. The number of rotatable bonds is 2. The van der Waals surface area contributed by atoms with Crippen LogP contribution in [0.3, 0.4) is 0 Å². The standard InChI is InChI=1S/C14H10BrN3O4/c15-13-4-3-12(22-13)14(19)17-6-5-16-8-9-7-10(18(20)21)1-2-11(9)17/h1-4,7-8H,5-6H2. The number of hydrogen-bond donors (Lipinski definition) is 0. The minimum absolute atomic E-state index is 0.0414. The average Bonchev–Trinajstić information content (AvgIpc) is 2.82. The van der Waals surface area contributed by atoms with Crippen LogP contribution in [0.5, 0.6) is 0 Å². The van der Waals surface area contributed by atoms with Crippen molar-refractivity contribution in [3.63, 3.8) is 0 Å². The molecule has 0 fully saturated rings. The fraction of sp³-hybridized carbons (Fsp3) is 0.143. The molecule has 0 N–H and O–H groups in total. The molecule has 7 nitrogen and oxygen atoms in total. The van der Waals surface area contributed by atoms with Gasteiger partial charge in [0.25, 0.3) is 11.6 Å². The molecule has 2 heterocycles. The second-order valence-corrected chi connectivity index (χ2v) is 5.38. The number of nitro benzene ring substituents is 1. The number of nitrogens with zero attached hydrogens (tertiary/aromatic N) is 3. The zero-order valence-electron chi connectivity index (χ0n) is 11.2. The molecule has 0 radical (unpaired) electrons. The fourth-order valence-electron chi connectivity index (χ4n) is 2.22. The van der Waals surface area contributed by atoms with E-state index in [0.29, 0.717) is 29.0 Å². The summed E-state index contributed by atoms with van der Waals surface area (Å²) in [5.41, 5.74) is 1.07. The largest absolute Gasteiger partial charge is 0.444 e. The van der Waals surface area contributed by atoms with Gasteiger partial charge in [-0.15, -0.1) is 0 Å². The molecule has 1 amide bonds. The molecule has 0 spiro atoms. The van der Waals surface area contributed by atoms with Crippen LogP contribution in [0.25, 0.3) is 0 Å². The van der Waals surface area contributed by atoms with Gasteiger partial charge in [-0.1, -0.05) is 0 Å². The maximum Gasteiger partial charge on any atom is 0.294 e. The Morgan fingerprint density at radius 2 is 2.18 bits per heavy atom. The molecule has 0 unspecified atom stereocenters. The Bertz CT molecular complexity index is 784. The van der Waals surface area contributed by atoms with Crippen molar-refractivity contribution in [1.29, 1.82) is 0 Å². The van der Waals surface area contributed by atoms with E-state index in [2.05, 4.69) is 20.9 Å². The number of halogens is 1. The average molecular weight is 364 g/mol. The lowest BCUT2D eigenvalue weighted by Gasteiger charge is -2.21. The molecular formula is C14H10BrN3O4. The maximum absolute atomic E-state index is 12.6. The molecule has 1 aromatic carbocycles. The first kappa shape index (κ1) is 14.5. The molecule has 22 heavy (non-hydrogen) atoms. The Balaban J connectivity index is 2.02. The summed E-state index contributed by atoms with van der Waals surface area (Å²) < 4.78 is 5.76. The maximum atomic E-state index is 12.6. The minimum atomic E-state index is -0.477. The van der Waals surface area contributed by atoms with Crippen LogP contribution >= 0.6 is 15.9 Å². The minimum Gasteiger partial charge on any atom is -0.444 e. The fourth-order valence-corrected chi connectivity index (χ4v) is 2.53. The van der Waals surface area contributed by atoms with E-state index in [9.17, 15) is 14.9 Å². The van der Waals surface area contributed by atoms with E-state index < -0.39 is 4.92 Å². The van der Waals surface area contributed by atoms with Gasteiger partial charge in [-0.2, -0.15) is 0 Å². The summed E-state index contributed by atoms with van der Waals surface area (Å²) >= 11 is 3.16. The molecule has 8 heteroatoms. The number of benzene rings is 1. The molecule has 0 aliphatic carbocycles. The zero-order valence-corrected chi connectivity index (χ0v) is 12.8. The lowest BCUT2D eigenvalue weighted by molar-refractivity contribution is -0.384. The number of amides is 1. The van der Waals surface area contributed by atoms with Gasteiger partial charge < -0.3 is 9.32 Å². The van der Waals surface area contributed by atoms with Gasteiger partial charge in [0, 0.05) is 30.5 Å². The normalized spacial score (nSPS) is 13.6. The van der Waals surface area contributed by atoms with Crippen LogP contribution in [0.15, 0.2) is 44.4 Å². The van der Waals surface area contributed by atoms with Crippen LogP contribution < -0.4 is 4.90 Å². The van der Waals surface area contributed by atoms with Crippen molar-refractivity contribution < 1.29 is 14.1 Å². The third-order valence-corrected chi connectivity index (χ3v) is 3.65. The van der Waals surface area contributed by atoms with Gasteiger partial charge in [0.1, 0.15) is 0 Å². The van der Waals surface area contributed by atoms with Crippen LogP contribution in [0.2, 0.25) is 0 Å². The van der Waals surface area contributed by atoms with Crippen molar-refractivity contribution in [2.75, 3.05) is 18.0 Å². The molecule has 0 saturated carbocycles. The van der Waals surface area contributed by atoms with Crippen LogP contribution in [-0.4, -0.2) is 30.1 Å². The predicted octanol–water partition coefficient (Wildman–Crippen LogP) is 3.03. The van der Waals surface area contributed by atoms with Gasteiger partial charge in [0.05, 0.1) is 17.2 Å². The Morgan fingerprint density at radius 3 is 2.86 bits per heavy atom. The highest BCUT2D eigenvalue weighted by Crippen LogP contribution is 2.27. The molecule has 1 aliphatic heterocycles. The second kappa shape index (κ2) is 5.72. The van der Waals surface area contributed by atoms with Crippen molar-refractivity contribution in [1.82, 2.24) is 0 Å². The first-order chi connectivity index (χ1) is 10.6. The van der Waals surface area contributed by atoms with Gasteiger partial charge in [-0.05, 0) is 34.1 Å². The molecular weight excluding hydrogens is 354 g/mol. The Kier molecular flexibility index (Phi) is 3.76. The number of non-ortho nitro benzene ring substituents is 1. The number of hydrogen-bond acceptors (Lipinski definition) is 5. The SMILES string of the molecule is O=C(c1ccc(Br)o1)N1CCN=Cc2cc([N+](=O)[O-])ccc21. The smallest absolute Gasteiger partial charge is 0.294 e. The third kappa shape index (κ3) is 2.64. The van der Waals surface area contributed by atoms with Crippen molar-refractivity contribution in [3.05, 3.63) is 56.4 Å². The van der Waals surface area contributed by atoms with E-state index in [0.717, 1.165) is 0 Å². The summed E-state index contributed by atoms with van der Waals surface area (Å²) in [6.45, 7) is 0.786. The van der Waals surface area contributed by atoms with Crippen LogP contribution in [0, 0.1) is 10.1 Å². The van der Waals surface area contributed by atoms with E-state index in [1.165, 1.54) is 17.0 Å². The molecule has 2 aromatic rings. The van der Waals surface area contributed by atoms with Gasteiger partial charge in [0.2, 0.25) is 0 Å². The van der Waals surface area contributed by atoms with E-state index in [4.69, 9.17) is 4.42 Å². The lowest BCUT2D eigenvalue weighted by Crippen LogP contribution is -2.32.